The average Bonchev–Trinajstić information content (AvgIpc) is 2.92. The van der Waals surface area contributed by atoms with E-state index in [-0.39, 0.29) is 12.0 Å². The summed E-state index contributed by atoms with van der Waals surface area (Å²) in [6, 6.07) is 4.92. The van der Waals surface area contributed by atoms with Gasteiger partial charge in [0.2, 0.25) is 0 Å². The third kappa shape index (κ3) is 3.72. The molecule has 2 rings (SSSR count). The van der Waals surface area contributed by atoms with Crippen LogP contribution in [0.1, 0.15) is 51.4 Å². The van der Waals surface area contributed by atoms with Crippen LogP contribution >= 0.6 is 0 Å². The van der Waals surface area contributed by atoms with Crippen molar-refractivity contribution in [3.05, 3.63) is 0 Å². The molecule has 1 aliphatic heterocycles. The predicted molar refractivity (Wildman–Crippen MR) is 76.5 cm³/mol. The molecule has 0 aromatic carbocycles. The first-order chi connectivity index (χ1) is 9.76. The van der Waals surface area contributed by atoms with Gasteiger partial charge in [0.15, 0.2) is 0 Å². The SMILES string of the molecule is N#CCCC(C#N)CN1CCCC1C1CCCCC1O. The van der Waals surface area contributed by atoms with Crippen molar-refractivity contribution in [1.82, 2.24) is 4.90 Å². The summed E-state index contributed by atoms with van der Waals surface area (Å²) in [5, 5.41) is 28.1. The van der Waals surface area contributed by atoms with Crippen molar-refractivity contribution < 1.29 is 5.11 Å². The molecule has 4 nitrogen and oxygen atoms in total. The molecule has 0 amide bonds. The van der Waals surface area contributed by atoms with Gasteiger partial charge in [0, 0.05) is 24.9 Å². The molecule has 4 heteroatoms. The third-order valence-corrected chi connectivity index (χ3v) is 4.93. The highest BCUT2D eigenvalue weighted by atomic mass is 16.3. The number of likely N-dealkylation sites (tertiary alicyclic amines) is 1. The highest BCUT2D eigenvalue weighted by molar-refractivity contribution is 4.94. The molecule has 1 aliphatic carbocycles. The largest absolute Gasteiger partial charge is 0.393 e. The van der Waals surface area contributed by atoms with Crippen molar-refractivity contribution >= 4 is 0 Å². The lowest BCUT2D eigenvalue weighted by Crippen LogP contribution is -2.44. The van der Waals surface area contributed by atoms with Crippen LogP contribution < -0.4 is 0 Å². The summed E-state index contributed by atoms with van der Waals surface area (Å²) in [5.41, 5.74) is 0. The van der Waals surface area contributed by atoms with Gasteiger partial charge in [-0.2, -0.15) is 10.5 Å². The zero-order valence-electron chi connectivity index (χ0n) is 12.2. The van der Waals surface area contributed by atoms with Gasteiger partial charge in [0.1, 0.15) is 0 Å². The Morgan fingerprint density at radius 3 is 2.65 bits per heavy atom. The van der Waals surface area contributed by atoms with Crippen LogP contribution in [0.3, 0.4) is 0 Å². The molecule has 4 atom stereocenters. The number of aliphatic hydroxyl groups is 1. The van der Waals surface area contributed by atoms with E-state index in [1.54, 1.807) is 0 Å². The number of aliphatic hydroxyl groups excluding tert-OH is 1. The smallest absolute Gasteiger partial charge is 0.0669 e. The fourth-order valence-corrected chi connectivity index (χ4v) is 3.87. The van der Waals surface area contributed by atoms with Gasteiger partial charge < -0.3 is 5.11 Å². The van der Waals surface area contributed by atoms with E-state index >= 15 is 0 Å². The van der Waals surface area contributed by atoms with Gasteiger partial charge in [-0.3, -0.25) is 4.90 Å². The van der Waals surface area contributed by atoms with Crippen LogP contribution in [-0.4, -0.2) is 35.2 Å². The van der Waals surface area contributed by atoms with Gasteiger partial charge >= 0.3 is 0 Å². The molecule has 1 heterocycles. The minimum atomic E-state index is -0.158. The van der Waals surface area contributed by atoms with Crippen LogP contribution in [0.2, 0.25) is 0 Å². The second-order valence-corrected chi connectivity index (χ2v) is 6.24. The van der Waals surface area contributed by atoms with Crippen LogP contribution in [0.4, 0.5) is 0 Å². The molecule has 0 spiro atoms. The lowest BCUT2D eigenvalue weighted by atomic mass is 9.80. The van der Waals surface area contributed by atoms with Crippen molar-refractivity contribution in [3.8, 4) is 12.1 Å². The lowest BCUT2D eigenvalue weighted by molar-refractivity contribution is 0.0199. The summed E-state index contributed by atoms with van der Waals surface area (Å²) in [7, 11) is 0. The Hall–Kier alpha value is -1.10. The van der Waals surface area contributed by atoms with Crippen LogP contribution in [-0.2, 0) is 0 Å². The van der Waals surface area contributed by atoms with Gasteiger partial charge in [-0.25, -0.2) is 0 Å². The Bertz CT molecular complexity index is 384. The normalized spacial score (nSPS) is 32.5. The number of hydrogen-bond acceptors (Lipinski definition) is 4. The summed E-state index contributed by atoms with van der Waals surface area (Å²) >= 11 is 0. The summed E-state index contributed by atoms with van der Waals surface area (Å²) in [6.07, 6.45) is 7.72. The van der Waals surface area contributed by atoms with E-state index in [0.717, 1.165) is 38.8 Å². The van der Waals surface area contributed by atoms with Gasteiger partial charge in [-0.15, -0.1) is 0 Å². The summed E-state index contributed by atoms with van der Waals surface area (Å²) < 4.78 is 0. The van der Waals surface area contributed by atoms with E-state index in [2.05, 4.69) is 17.0 Å². The minimum Gasteiger partial charge on any atom is -0.393 e. The predicted octanol–water partition coefficient (Wildman–Crippen LogP) is 2.45. The second kappa shape index (κ2) is 7.62. The van der Waals surface area contributed by atoms with Crippen LogP contribution in [0.15, 0.2) is 0 Å². The van der Waals surface area contributed by atoms with E-state index in [9.17, 15) is 10.4 Å². The van der Waals surface area contributed by atoms with Gasteiger partial charge in [-0.05, 0) is 38.6 Å². The van der Waals surface area contributed by atoms with Crippen LogP contribution in [0.5, 0.6) is 0 Å². The average molecular weight is 275 g/mol. The Morgan fingerprint density at radius 1 is 1.15 bits per heavy atom. The molecule has 0 aromatic heterocycles. The van der Waals surface area contributed by atoms with Crippen molar-refractivity contribution in [1.29, 1.82) is 10.5 Å². The highest BCUT2D eigenvalue weighted by Crippen LogP contribution is 2.35. The minimum absolute atomic E-state index is 0.0454. The number of nitrogens with zero attached hydrogens (tertiary/aromatic N) is 3. The Labute approximate surface area is 122 Å². The Morgan fingerprint density at radius 2 is 1.95 bits per heavy atom. The molecule has 20 heavy (non-hydrogen) atoms. The number of nitriles is 2. The molecule has 1 saturated carbocycles. The summed E-state index contributed by atoms with van der Waals surface area (Å²) in [4.78, 5) is 2.41. The Balaban J connectivity index is 1.93. The molecule has 0 aromatic rings. The standard InChI is InChI=1S/C16H25N3O/c17-9-3-5-13(11-18)12-19-10-4-7-15(19)14-6-1-2-8-16(14)20/h13-16,20H,1-8,10,12H2. The van der Waals surface area contributed by atoms with Crippen molar-refractivity contribution in [2.24, 2.45) is 11.8 Å². The van der Waals surface area contributed by atoms with Gasteiger partial charge in [0.25, 0.3) is 0 Å². The molecule has 0 radical (unpaired) electrons. The first-order valence-electron chi connectivity index (χ1n) is 7.95. The topological polar surface area (TPSA) is 71.0 Å². The van der Waals surface area contributed by atoms with Crippen LogP contribution in [0, 0.1) is 34.5 Å². The van der Waals surface area contributed by atoms with E-state index < -0.39 is 0 Å². The van der Waals surface area contributed by atoms with E-state index in [1.165, 1.54) is 12.8 Å². The first-order valence-corrected chi connectivity index (χ1v) is 7.95. The van der Waals surface area contributed by atoms with E-state index in [0.29, 0.717) is 24.8 Å². The van der Waals surface area contributed by atoms with Crippen molar-refractivity contribution in [3.63, 3.8) is 0 Å². The van der Waals surface area contributed by atoms with E-state index in [1.807, 2.05) is 0 Å². The number of hydrogen-bond donors (Lipinski definition) is 1. The monoisotopic (exact) mass is 275 g/mol. The molecule has 110 valence electrons. The van der Waals surface area contributed by atoms with Gasteiger partial charge in [-0.1, -0.05) is 12.8 Å². The molecule has 1 saturated heterocycles. The number of rotatable bonds is 5. The summed E-state index contributed by atoms with van der Waals surface area (Å²) in [5.74, 6) is 0.345. The maximum absolute atomic E-state index is 10.2. The maximum atomic E-state index is 10.2. The summed E-state index contributed by atoms with van der Waals surface area (Å²) in [6.45, 7) is 1.81. The highest BCUT2D eigenvalue weighted by Gasteiger charge is 2.37. The fraction of sp³-hybridized carbons (Fsp3) is 0.875. The maximum Gasteiger partial charge on any atom is 0.0669 e. The molecule has 1 N–H and O–H groups in total. The van der Waals surface area contributed by atoms with E-state index in [4.69, 9.17) is 5.26 Å². The lowest BCUT2D eigenvalue weighted by Gasteiger charge is -2.37. The third-order valence-electron chi connectivity index (χ3n) is 4.93. The van der Waals surface area contributed by atoms with Crippen molar-refractivity contribution in [2.75, 3.05) is 13.1 Å². The van der Waals surface area contributed by atoms with Crippen molar-refractivity contribution in [2.45, 2.75) is 63.5 Å². The quantitative estimate of drug-likeness (QED) is 0.836. The molecule has 0 bridgehead atoms. The molecular weight excluding hydrogens is 250 g/mol. The zero-order valence-corrected chi connectivity index (χ0v) is 12.2. The molecular formula is C16H25N3O. The molecule has 2 aliphatic rings. The second-order valence-electron chi connectivity index (χ2n) is 6.24. The molecule has 4 unspecified atom stereocenters. The molecule has 2 fully saturated rings. The fourth-order valence-electron chi connectivity index (χ4n) is 3.87. The van der Waals surface area contributed by atoms with Crippen LogP contribution in [0.25, 0.3) is 0 Å². The van der Waals surface area contributed by atoms with Gasteiger partial charge in [0.05, 0.1) is 24.2 Å². The Kier molecular flexibility index (Phi) is 5.83. The zero-order chi connectivity index (χ0) is 14.4. The first kappa shape index (κ1) is 15.3.